The first-order valence-corrected chi connectivity index (χ1v) is 27.9. The zero-order valence-corrected chi connectivity index (χ0v) is 46.4. The van der Waals surface area contributed by atoms with Gasteiger partial charge in [0.2, 0.25) is 53.2 Å². The molecule has 1 aromatic rings. The van der Waals surface area contributed by atoms with E-state index in [1.807, 2.05) is 5.32 Å². The number of nitrogens with two attached hydrogens (primary N) is 2. The zero-order chi connectivity index (χ0) is 60.4. The molecule has 3 fully saturated rings. The third kappa shape index (κ3) is 19.5. The number of nitrogens with one attached hydrogen (secondary N) is 6. The van der Waals surface area contributed by atoms with E-state index in [4.69, 9.17) is 11.5 Å². The Labute approximate surface area is 470 Å². The number of rotatable bonds is 23. The van der Waals surface area contributed by atoms with E-state index in [9.17, 15) is 89.1 Å². The van der Waals surface area contributed by atoms with E-state index in [2.05, 4.69) is 47.4 Å². The number of hydrogen-bond donors (Lipinski definition) is 17. The van der Waals surface area contributed by atoms with Gasteiger partial charge in [-0.1, -0.05) is 71.8 Å². The predicted molar refractivity (Wildman–Crippen MR) is 288 cm³/mol. The van der Waals surface area contributed by atoms with E-state index in [1.54, 1.807) is 0 Å². The first-order valence-electron chi connectivity index (χ1n) is 27.9. The summed E-state index contributed by atoms with van der Waals surface area (Å²) in [7, 11) is 0. The fourth-order valence-electron chi connectivity index (χ4n) is 10.3. The van der Waals surface area contributed by atoms with Crippen molar-refractivity contribution in [1.29, 1.82) is 0 Å². The molecular formula is C53H86N10O18. The number of aromatic hydroxyl groups is 1. The highest BCUT2D eigenvalue weighted by atomic mass is 16.3. The fraction of sp³-hybridized carbons (Fsp3) is 0.717. The minimum atomic E-state index is -2.51. The summed E-state index contributed by atoms with van der Waals surface area (Å²) in [5, 5.41) is 114. The number of benzene rings is 1. The molecule has 3 heterocycles. The maximum Gasteiger partial charge on any atom is 0.248 e. The third-order valence-electron chi connectivity index (χ3n) is 15.1. The molecule has 28 heteroatoms. The summed E-state index contributed by atoms with van der Waals surface area (Å²) in [5.74, 6) is -9.86. The highest BCUT2D eigenvalue weighted by Crippen LogP contribution is 2.31. The van der Waals surface area contributed by atoms with E-state index in [-0.39, 0.29) is 37.1 Å². The smallest absolute Gasteiger partial charge is 0.248 e. The van der Waals surface area contributed by atoms with Gasteiger partial charge < -0.3 is 99.1 Å². The summed E-state index contributed by atoms with van der Waals surface area (Å²) in [6.07, 6.45) is -11.2. The number of primary amides is 1. The van der Waals surface area contributed by atoms with Crippen molar-refractivity contribution in [2.75, 3.05) is 25.0 Å². The van der Waals surface area contributed by atoms with Crippen molar-refractivity contribution in [3.05, 3.63) is 23.8 Å². The third-order valence-corrected chi connectivity index (χ3v) is 15.1. The number of hydrogen-bond acceptors (Lipinski definition) is 19. The molecule has 0 spiro atoms. The van der Waals surface area contributed by atoms with Gasteiger partial charge in [0.25, 0.3) is 0 Å². The number of phenolic OH excluding ortho intramolecular Hbond substituents is 1. The molecule has 0 radical (unpaired) electrons. The summed E-state index contributed by atoms with van der Waals surface area (Å²) in [6.45, 7) is 6.56. The van der Waals surface area contributed by atoms with Gasteiger partial charge in [-0.05, 0) is 55.7 Å². The number of anilines is 1. The number of aliphatic hydroxyl groups excluding tert-OH is 8. The second-order valence-corrected chi connectivity index (χ2v) is 21.9. The highest BCUT2D eigenvalue weighted by Gasteiger charge is 2.49. The van der Waals surface area contributed by atoms with Crippen LogP contribution in [0.3, 0.4) is 0 Å². The van der Waals surface area contributed by atoms with Gasteiger partial charge in [0.05, 0.1) is 36.5 Å². The molecule has 456 valence electrons. The first kappa shape index (κ1) is 67.4. The molecule has 0 bridgehead atoms. The molecular weight excluding hydrogens is 1060 g/mol. The zero-order valence-electron chi connectivity index (χ0n) is 46.4. The van der Waals surface area contributed by atoms with Crippen LogP contribution in [0.2, 0.25) is 0 Å². The van der Waals surface area contributed by atoms with E-state index < -0.39 is 176 Å². The van der Waals surface area contributed by atoms with Gasteiger partial charge in [0.1, 0.15) is 60.3 Å². The summed E-state index contributed by atoms with van der Waals surface area (Å²) >= 11 is 0. The first-order chi connectivity index (χ1) is 38.2. The topological polar surface area (TPSA) is 466 Å². The molecule has 16 atom stereocenters. The summed E-state index contributed by atoms with van der Waals surface area (Å²) in [6, 6.07) is -9.25. The van der Waals surface area contributed by atoms with Gasteiger partial charge in [-0.2, -0.15) is 0 Å². The summed E-state index contributed by atoms with van der Waals surface area (Å²) in [5.41, 5.74) is 10.2. The van der Waals surface area contributed by atoms with Crippen LogP contribution in [0.4, 0.5) is 5.69 Å². The molecule has 4 rings (SSSR count). The van der Waals surface area contributed by atoms with Crippen LogP contribution in [0, 0.1) is 11.8 Å². The van der Waals surface area contributed by atoms with Crippen molar-refractivity contribution in [1.82, 2.24) is 36.4 Å². The minimum absolute atomic E-state index is 0.0877. The van der Waals surface area contributed by atoms with E-state index in [0.29, 0.717) is 29.6 Å². The molecule has 19 N–H and O–H groups in total. The van der Waals surface area contributed by atoms with Crippen LogP contribution in [-0.2, 0) is 43.2 Å². The van der Waals surface area contributed by atoms with E-state index in [1.165, 1.54) is 6.42 Å². The molecule has 3 aliphatic heterocycles. The lowest BCUT2D eigenvalue weighted by Gasteiger charge is -2.34. The average Bonchev–Trinajstić information content (AvgIpc) is 4.00. The van der Waals surface area contributed by atoms with Crippen LogP contribution in [0.15, 0.2) is 18.2 Å². The highest BCUT2D eigenvalue weighted by molar-refractivity contribution is 5.98. The molecule has 81 heavy (non-hydrogen) atoms. The maximum absolute atomic E-state index is 14.6. The fourth-order valence-corrected chi connectivity index (χ4v) is 10.3. The quantitative estimate of drug-likeness (QED) is 0.0366. The van der Waals surface area contributed by atoms with Crippen LogP contribution in [0.1, 0.15) is 136 Å². The van der Waals surface area contributed by atoms with Gasteiger partial charge in [-0.25, -0.2) is 0 Å². The number of phenols is 1. The Morgan fingerprint density at radius 2 is 1.36 bits per heavy atom. The van der Waals surface area contributed by atoms with Gasteiger partial charge in [0.15, 0.2) is 6.23 Å². The Kier molecular flexibility index (Phi) is 26.6. The molecule has 0 aromatic heterocycles. The number of fused-ring (bicyclic) bond motifs is 2. The Morgan fingerprint density at radius 3 is 2.00 bits per heavy atom. The van der Waals surface area contributed by atoms with E-state index >= 15 is 0 Å². The van der Waals surface area contributed by atoms with Crippen molar-refractivity contribution in [3.63, 3.8) is 0 Å². The Hall–Kier alpha value is -6.11. The number of nitrogens with zero attached hydrogens (tertiary/aromatic N) is 2. The number of unbranched alkanes of at least 4 members (excludes halogenated alkanes) is 5. The maximum atomic E-state index is 14.6. The summed E-state index contributed by atoms with van der Waals surface area (Å²) < 4.78 is 0. The number of carbonyl (C=O) groups is 9. The Bertz CT molecular complexity index is 2330. The second-order valence-electron chi connectivity index (χ2n) is 21.9. The number of carbonyl (C=O) groups excluding carboxylic acids is 9. The lowest BCUT2D eigenvalue weighted by atomic mass is 9.91. The molecule has 1 aromatic carbocycles. The minimum Gasteiger partial charge on any atom is -0.506 e. The normalized spacial score (nSPS) is 27.7. The van der Waals surface area contributed by atoms with Crippen molar-refractivity contribution in [2.45, 2.75) is 209 Å². The molecule has 2 unspecified atom stereocenters. The van der Waals surface area contributed by atoms with Crippen molar-refractivity contribution in [2.24, 2.45) is 23.3 Å². The largest absolute Gasteiger partial charge is 0.506 e. The molecule has 3 aliphatic rings. The predicted octanol–water partition coefficient (Wildman–Crippen LogP) is -4.05. The Balaban J connectivity index is 1.73. The van der Waals surface area contributed by atoms with Crippen LogP contribution >= 0.6 is 0 Å². The van der Waals surface area contributed by atoms with Gasteiger partial charge in [-0.15, -0.1) is 0 Å². The van der Waals surface area contributed by atoms with Crippen LogP contribution in [-0.4, -0.2) is 208 Å². The van der Waals surface area contributed by atoms with Gasteiger partial charge in [-0.3, -0.25) is 43.2 Å². The van der Waals surface area contributed by atoms with E-state index in [0.717, 1.165) is 68.5 Å². The van der Waals surface area contributed by atoms with Crippen LogP contribution < -0.4 is 43.4 Å². The lowest BCUT2D eigenvalue weighted by Crippen LogP contribution is -2.64. The van der Waals surface area contributed by atoms with Crippen molar-refractivity contribution < 1.29 is 89.1 Å². The molecule has 9 amide bonds. The SMILES string of the molecule is CCC(C)CC(C)CCCCCCCCC(=O)N[C@H]1C[C@H](O)[C@H](O)NC(=O)[C@@H]2[C@@H](O)CCN2C(=O)[C@H]([C@H](O)CC(N)=O)NC(=O)[C@H]([C@H](O)[C@@H](O)c2ccc(O)c(NC(=O)CCN)c2)NC(=O)[C@@H]2C[C@@H](O)CN2C(=O)[C@H]([C@H](C)O)NC1=O. The van der Waals surface area contributed by atoms with Crippen molar-refractivity contribution in [3.8, 4) is 5.75 Å². The average molecular weight is 1150 g/mol. The molecule has 3 saturated heterocycles. The monoisotopic (exact) mass is 1150 g/mol. The second kappa shape index (κ2) is 31.9. The molecule has 0 saturated carbocycles. The van der Waals surface area contributed by atoms with Gasteiger partial charge in [0, 0.05) is 45.3 Å². The number of aliphatic hydroxyl groups is 8. The van der Waals surface area contributed by atoms with Crippen LogP contribution in [0.25, 0.3) is 0 Å². The standard InChI is InChI=1S/C53H86N10O18/c1-5-26(2)20-27(3)12-10-8-6-7-9-11-13-39(71)57-32-23-37(69)49(77)61-51(79)44-35(67)17-19-62(44)53(81)42(36(68)24-38(55)70)59-50(78)43(46(74)45(73)29-14-15-34(66)31(21-29)56-40(72)16-18-54)60-48(76)33-22-30(65)25-63(33)52(80)41(28(4)64)58-47(32)75/h14-15,21,26-28,30,32-33,35-37,41-46,49,64-69,73-74,77H,5-13,16-20,22-25,54H2,1-4H3,(H2,55,70)(H,56,72)(H,57,71)(H,58,75)(H,59,78)(H,60,76)(H,61,79)/t26?,27?,28-,30+,32-,33-,35-,36+,37-,41-,42-,43-,44-,45-,46-,49-/m0/s1. The van der Waals surface area contributed by atoms with Crippen LogP contribution in [0.5, 0.6) is 5.75 Å². The summed E-state index contributed by atoms with van der Waals surface area (Å²) in [4.78, 5) is 126. The Morgan fingerprint density at radius 1 is 0.728 bits per heavy atom. The van der Waals surface area contributed by atoms with Gasteiger partial charge >= 0.3 is 0 Å². The lowest BCUT2D eigenvalue weighted by molar-refractivity contribution is -0.149. The van der Waals surface area contributed by atoms with Crippen molar-refractivity contribution >= 4 is 58.9 Å². The molecule has 28 nitrogen and oxygen atoms in total. The molecule has 0 aliphatic carbocycles. The number of amides is 9.